The second kappa shape index (κ2) is 7.57. The van der Waals surface area contributed by atoms with Crippen LogP contribution >= 0.6 is 15.9 Å². The van der Waals surface area contributed by atoms with E-state index in [1.807, 2.05) is 12.3 Å². The fourth-order valence-corrected chi connectivity index (χ4v) is 2.74. The molecule has 2 aromatic rings. The summed E-state index contributed by atoms with van der Waals surface area (Å²) >= 11 is 3.51. The van der Waals surface area contributed by atoms with E-state index in [-0.39, 0.29) is 0 Å². The zero-order valence-electron chi connectivity index (χ0n) is 12.8. The van der Waals surface area contributed by atoms with Gasteiger partial charge in [0, 0.05) is 24.1 Å². The smallest absolute Gasteiger partial charge is 0.0572 e. The van der Waals surface area contributed by atoms with Crippen molar-refractivity contribution in [3.8, 4) is 0 Å². The Balaban J connectivity index is 2.04. The molecule has 4 heteroatoms. The molecule has 1 unspecified atom stereocenters. The third-order valence-corrected chi connectivity index (χ3v) is 3.97. The van der Waals surface area contributed by atoms with Crippen LogP contribution in [0.5, 0.6) is 0 Å². The highest BCUT2D eigenvalue weighted by Crippen LogP contribution is 2.19. The summed E-state index contributed by atoms with van der Waals surface area (Å²) in [4.78, 5) is 6.77. The van der Waals surface area contributed by atoms with E-state index in [2.05, 4.69) is 82.4 Å². The van der Waals surface area contributed by atoms with Crippen LogP contribution in [0.2, 0.25) is 0 Å². The molecule has 0 aliphatic heterocycles. The maximum atomic E-state index is 4.56. The van der Waals surface area contributed by atoms with E-state index < -0.39 is 0 Å². The number of hydrogen-bond acceptors (Lipinski definition) is 3. The summed E-state index contributed by atoms with van der Waals surface area (Å²) in [5.41, 5.74) is 3.48. The topological polar surface area (TPSA) is 28.2 Å². The van der Waals surface area contributed by atoms with Gasteiger partial charge in [0.05, 0.1) is 17.6 Å². The second-order valence-electron chi connectivity index (χ2n) is 5.21. The Labute approximate surface area is 135 Å². The van der Waals surface area contributed by atoms with Crippen molar-refractivity contribution in [2.45, 2.75) is 26.4 Å². The molecule has 1 aromatic heterocycles. The SMILES string of the molecule is CCNC(C)c1ccc(N(C)Cc2cccc(Br)c2)cn1. The van der Waals surface area contributed by atoms with Crippen molar-refractivity contribution in [3.05, 3.63) is 58.3 Å². The molecule has 0 aliphatic carbocycles. The molecule has 1 N–H and O–H groups in total. The monoisotopic (exact) mass is 347 g/mol. The van der Waals surface area contributed by atoms with Crippen molar-refractivity contribution >= 4 is 21.6 Å². The van der Waals surface area contributed by atoms with Gasteiger partial charge in [0.15, 0.2) is 0 Å². The van der Waals surface area contributed by atoms with Gasteiger partial charge in [0.2, 0.25) is 0 Å². The van der Waals surface area contributed by atoms with Gasteiger partial charge in [-0.05, 0) is 43.3 Å². The van der Waals surface area contributed by atoms with E-state index in [0.29, 0.717) is 6.04 Å². The van der Waals surface area contributed by atoms with Crippen molar-refractivity contribution in [1.29, 1.82) is 0 Å². The van der Waals surface area contributed by atoms with Crippen molar-refractivity contribution in [2.75, 3.05) is 18.5 Å². The first-order valence-electron chi connectivity index (χ1n) is 7.25. The molecule has 112 valence electrons. The number of nitrogens with one attached hydrogen (secondary N) is 1. The predicted molar refractivity (Wildman–Crippen MR) is 92.6 cm³/mol. The van der Waals surface area contributed by atoms with E-state index in [0.717, 1.165) is 28.9 Å². The number of benzene rings is 1. The number of rotatable bonds is 6. The van der Waals surface area contributed by atoms with E-state index in [9.17, 15) is 0 Å². The lowest BCUT2D eigenvalue weighted by atomic mass is 10.2. The van der Waals surface area contributed by atoms with E-state index in [1.165, 1.54) is 5.56 Å². The van der Waals surface area contributed by atoms with Crippen LogP contribution in [0.25, 0.3) is 0 Å². The normalized spacial score (nSPS) is 12.2. The lowest BCUT2D eigenvalue weighted by Crippen LogP contribution is -2.20. The number of pyridine rings is 1. The Hall–Kier alpha value is -1.39. The maximum absolute atomic E-state index is 4.56. The molecule has 0 amide bonds. The quantitative estimate of drug-likeness (QED) is 0.850. The number of anilines is 1. The van der Waals surface area contributed by atoms with E-state index in [4.69, 9.17) is 0 Å². The fourth-order valence-electron chi connectivity index (χ4n) is 2.29. The molecule has 3 nitrogen and oxygen atoms in total. The molecule has 0 saturated heterocycles. The molecule has 1 aromatic carbocycles. The molecular formula is C17H22BrN3. The number of hydrogen-bond donors (Lipinski definition) is 1. The number of aromatic nitrogens is 1. The zero-order valence-corrected chi connectivity index (χ0v) is 14.4. The van der Waals surface area contributed by atoms with Crippen LogP contribution in [0, 0.1) is 0 Å². The van der Waals surface area contributed by atoms with Gasteiger partial charge in [-0.2, -0.15) is 0 Å². The van der Waals surface area contributed by atoms with Crippen LogP contribution in [0.3, 0.4) is 0 Å². The molecule has 0 fully saturated rings. The highest BCUT2D eigenvalue weighted by atomic mass is 79.9. The van der Waals surface area contributed by atoms with Gasteiger partial charge in [-0.3, -0.25) is 4.98 Å². The van der Waals surface area contributed by atoms with E-state index in [1.54, 1.807) is 0 Å². The minimum Gasteiger partial charge on any atom is -0.369 e. The highest BCUT2D eigenvalue weighted by molar-refractivity contribution is 9.10. The Morgan fingerprint density at radius 3 is 2.71 bits per heavy atom. The molecular weight excluding hydrogens is 326 g/mol. The van der Waals surface area contributed by atoms with Gasteiger partial charge >= 0.3 is 0 Å². The maximum Gasteiger partial charge on any atom is 0.0572 e. The fraction of sp³-hybridized carbons (Fsp3) is 0.353. The molecule has 0 spiro atoms. The molecule has 1 heterocycles. The van der Waals surface area contributed by atoms with Crippen LogP contribution in [0.15, 0.2) is 47.1 Å². The third-order valence-electron chi connectivity index (χ3n) is 3.47. The predicted octanol–water partition coefficient (Wildman–Crippen LogP) is 4.15. The molecule has 2 rings (SSSR count). The van der Waals surface area contributed by atoms with Gasteiger partial charge in [0.1, 0.15) is 0 Å². The first-order chi connectivity index (χ1) is 10.1. The molecule has 21 heavy (non-hydrogen) atoms. The molecule has 0 radical (unpaired) electrons. The third kappa shape index (κ3) is 4.55. The minimum atomic E-state index is 0.291. The molecule has 0 saturated carbocycles. The van der Waals surface area contributed by atoms with Gasteiger partial charge in [-0.1, -0.05) is 35.0 Å². The average molecular weight is 348 g/mol. The first kappa shape index (κ1) is 16.0. The van der Waals surface area contributed by atoms with Crippen LogP contribution in [0.1, 0.15) is 31.1 Å². The Morgan fingerprint density at radius 1 is 1.29 bits per heavy atom. The van der Waals surface area contributed by atoms with Gasteiger partial charge in [0.25, 0.3) is 0 Å². The Bertz CT molecular complexity index is 569. The van der Waals surface area contributed by atoms with Gasteiger partial charge in [-0.25, -0.2) is 0 Å². The van der Waals surface area contributed by atoms with Gasteiger partial charge < -0.3 is 10.2 Å². The first-order valence-corrected chi connectivity index (χ1v) is 8.04. The van der Waals surface area contributed by atoms with Crippen molar-refractivity contribution < 1.29 is 0 Å². The molecule has 1 atom stereocenters. The van der Waals surface area contributed by atoms with Crippen molar-refractivity contribution in [2.24, 2.45) is 0 Å². The zero-order chi connectivity index (χ0) is 15.2. The van der Waals surface area contributed by atoms with Crippen LogP contribution < -0.4 is 10.2 Å². The van der Waals surface area contributed by atoms with E-state index >= 15 is 0 Å². The van der Waals surface area contributed by atoms with Crippen LogP contribution in [-0.2, 0) is 6.54 Å². The summed E-state index contributed by atoms with van der Waals surface area (Å²) in [5, 5.41) is 3.38. The van der Waals surface area contributed by atoms with Crippen molar-refractivity contribution in [1.82, 2.24) is 10.3 Å². The molecule has 0 aliphatic rings. The Kier molecular flexibility index (Phi) is 5.76. The lowest BCUT2D eigenvalue weighted by molar-refractivity contribution is 0.583. The highest BCUT2D eigenvalue weighted by Gasteiger charge is 2.07. The Morgan fingerprint density at radius 2 is 2.10 bits per heavy atom. The van der Waals surface area contributed by atoms with Gasteiger partial charge in [-0.15, -0.1) is 0 Å². The van der Waals surface area contributed by atoms with Crippen LogP contribution in [0.4, 0.5) is 5.69 Å². The number of nitrogens with zero attached hydrogens (tertiary/aromatic N) is 2. The average Bonchev–Trinajstić information content (AvgIpc) is 2.47. The molecule has 0 bridgehead atoms. The minimum absolute atomic E-state index is 0.291. The largest absolute Gasteiger partial charge is 0.369 e. The summed E-state index contributed by atoms with van der Waals surface area (Å²) in [6.07, 6.45) is 1.95. The summed E-state index contributed by atoms with van der Waals surface area (Å²) in [6.45, 7) is 6.06. The van der Waals surface area contributed by atoms with Crippen LogP contribution in [-0.4, -0.2) is 18.6 Å². The summed E-state index contributed by atoms with van der Waals surface area (Å²) in [6, 6.07) is 12.9. The second-order valence-corrected chi connectivity index (χ2v) is 6.12. The summed E-state index contributed by atoms with van der Waals surface area (Å²) in [5.74, 6) is 0. The summed E-state index contributed by atoms with van der Waals surface area (Å²) < 4.78 is 1.11. The summed E-state index contributed by atoms with van der Waals surface area (Å²) in [7, 11) is 2.09. The van der Waals surface area contributed by atoms with Crippen molar-refractivity contribution in [3.63, 3.8) is 0 Å². The standard InChI is InChI=1S/C17H22BrN3/c1-4-19-13(2)17-9-8-16(11-20-17)21(3)12-14-6-5-7-15(18)10-14/h5-11,13,19H,4,12H2,1-3H3. The lowest BCUT2D eigenvalue weighted by Gasteiger charge is -2.20. The number of halogens is 1.